The van der Waals surface area contributed by atoms with Crippen molar-refractivity contribution in [1.29, 1.82) is 0 Å². The Kier molecular flexibility index (Phi) is 2.85. The minimum absolute atomic E-state index is 0.731. The van der Waals surface area contributed by atoms with E-state index in [9.17, 15) is 0 Å². The third kappa shape index (κ3) is 1.62. The van der Waals surface area contributed by atoms with Crippen molar-refractivity contribution >= 4 is 0 Å². The van der Waals surface area contributed by atoms with Crippen molar-refractivity contribution < 1.29 is 4.48 Å². The van der Waals surface area contributed by atoms with Crippen molar-refractivity contribution in [3.63, 3.8) is 0 Å². The van der Waals surface area contributed by atoms with Gasteiger partial charge in [-0.05, 0) is 27.7 Å². The first-order chi connectivity index (χ1) is 6.96. The summed E-state index contributed by atoms with van der Waals surface area (Å²) in [5.74, 6) is 0. The van der Waals surface area contributed by atoms with E-state index in [4.69, 9.17) is 0 Å². The molecular weight excluding hydrogens is 184 g/mol. The zero-order valence-electron chi connectivity index (χ0n) is 11.0. The summed E-state index contributed by atoms with van der Waals surface area (Å²) in [4.78, 5) is 2.69. The molecule has 0 aromatic carbocycles. The van der Waals surface area contributed by atoms with Gasteiger partial charge in [-0.2, -0.15) is 0 Å². The highest BCUT2D eigenvalue weighted by atomic mass is 15.5. The molecule has 0 saturated carbocycles. The van der Waals surface area contributed by atoms with Crippen molar-refractivity contribution in [3.8, 4) is 0 Å². The zero-order valence-corrected chi connectivity index (χ0v) is 11.0. The molecule has 2 heterocycles. The second kappa shape index (κ2) is 3.74. The van der Waals surface area contributed by atoms with Crippen LogP contribution in [0.1, 0.15) is 40.5 Å². The Labute approximate surface area is 94.8 Å². The van der Waals surface area contributed by atoms with Crippen molar-refractivity contribution in [2.75, 3.05) is 20.1 Å². The normalized spacial score (nSPS) is 41.8. The van der Waals surface area contributed by atoms with Crippen molar-refractivity contribution in [2.45, 2.75) is 64.7 Å². The smallest absolute Gasteiger partial charge is 0.102 e. The third-order valence-corrected chi connectivity index (χ3v) is 5.14. The molecule has 88 valence electrons. The van der Waals surface area contributed by atoms with E-state index < -0.39 is 0 Å². The lowest BCUT2D eigenvalue weighted by Crippen LogP contribution is -2.67. The number of nitrogens with zero attached hydrogens (tertiary/aromatic N) is 2. The molecule has 2 aliphatic heterocycles. The van der Waals surface area contributed by atoms with Crippen LogP contribution in [0.3, 0.4) is 0 Å². The lowest BCUT2D eigenvalue weighted by atomic mass is 10.1. The van der Waals surface area contributed by atoms with Crippen LogP contribution in [0.25, 0.3) is 0 Å². The summed E-state index contributed by atoms with van der Waals surface area (Å²) in [6.07, 6.45) is 2.89. The number of hydrogen-bond donors (Lipinski definition) is 0. The molecule has 0 aromatic rings. The molecule has 2 fully saturated rings. The van der Waals surface area contributed by atoms with Crippen LogP contribution in [0.5, 0.6) is 0 Å². The third-order valence-electron chi connectivity index (χ3n) is 5.14. The summed E-state index contributed by atoms with van der Waals surface area (Å²) in [5.41, 5.74) is 0. The number of likely N-dealkylation sites (tertiary alicyclic amines) is 1. The Hall–Kier alpha value is -0.0800. The number of likely N-dealkylation sites (N-methyl/N-ethyl adjacent to an activating group) is 1. The van der Waals surface area contributed by atoms with Gasteiger partial charge in [0.05, 0.1) is 26.2 Å². The van der Waals surface area contributed by atoms with Gasteiger partial charge >= 0.3 is 0 Å². The molecule has 15 heavy (non-hydrogen) atoms. The van der Waals surface area contributed by atoms with Gasteiger partial charge in [-0.1, -0.05) is 0 Å². The van der Waals surface area contributed by atoms with Crippen LogP contribution in [0.4, 0.5) is 0 Å². The minimum atomic E-state index is 0.731. The first kappa shape index (κ1) is 11.4. The first-order valence-corrected chi connectivity index (χ1v) is 6.55. The van der Waals surface area contributed by atoms with Crippen LogP contribution in [0.15, 0.2) is 0 Å². The molecule has 0 aliphatic carbocycles. The van der Waals surface area contributed by atoms with Crippen LogP contribution >= 0.6 is 0 Å². The van der Waals surface area contributed by atoms with Gasteiger partial charge in [0.2, 0.25) is 0 Å². The zero-order chi connectivity index (χ0) is 11.2. The maximum Gasteiger partial charge on any atom is 0.102 e. The van der Waals surface area contributed by atoms with Crippen molar-refractivity contribution in [2.24, 2.45) is 0 Å². The van der Waals surface area contributed by atoms with Crippen LogP contribution in [-0.2, 0) is 0 Å². The molecule has 0 aromatic heterocycles. The predicted octanol–water partition coefficient (Wildman–Crippen LogP) is 2.10. The molecule has 2 heteroatoms. The van der Waals surface area contributed by atoms with Gasteiger partial charge in [0.25, 0.3) is 0 Å². The summed E-state index contributed by atoms with van der Waals surface area (Å²) in [7, 11) is 2.49. The SMILES string of the molecule is CC(C)N1CC2CCC(C1)[N+]2(C)C(C)C. The Balaban J connectivity index is 2.16. The van der Waals surface area contributed by atoms with Gasteiger partial charge < -0.3 is 4.48 Å². The molecule has 0 spiro atoms. The minimum Gasteiger partial charge on any atom is -0.317 e. The Morgan fingerprint density at radius 1 is 1.00 bits per heavy atom. The van der Waals surface area contributed by atoms with Crippen molar-refractivity contribution in [3.05, 3.63) is 0 Å². The van der Waals surface area contributed by atoms with Crippen LogP contribution in [-0.4, -0.2) is 53.7 Å². The summed E-state index contributed by atoms with van der Waals surface area (Å²) in [6, 6.07) is 3.31. The topological polar surface area (TPSA) is 3.24 Å². The fraction of sp³-hybridized carbons (Fsp3) is 1.00. The second-order valence-electron chi connectivity index (χ2n) is 6.25. The summed E-state index contributed by atoms with van der Waals surface area (Å²) in [6.45, 7) is 12.1. The molecule has 0 amide bonds. The van der Waals surface area contributed by atoms with Crippen LogP contribution < -0.4 is 0 Å². The molecular formula is C13H27N2+. The first-order valence-electron chi connectivity index (χ1n) is 6.55. The number of quaternary nitrogens is 1. The quantitative estimate of drug-likeness (QED) is 0.632. The van der Waals surface area contributed by atoms with Gasteiger partial charge in [-0.3, -0.25) is 4.90 Å². The lowest BCUT2D eigenvalue weighted by Gasteiger charge is -2.51. The maximum absolute atomic E-state index is 2.69. The van der Waals surface area contributed by atoms with E-state index >= 15 is 0 Å². The Morgan fingerprint density at radius 2 is 1.47 bits per heavy atom. The van der Waals surface area contributed by atoms with E-state index in [0.717, 1.165) is 24.2 Å². The highest BCUT2D eigenvalue weighted by Crippen LogP contribution is 2.38. The Morgan fingerprint density at radius 3 is 1.80 bits per heavy atom. The fourth-order valence-corrected chi connectivity index (χ4v) is 3.65. The largest absolute Gasteiger partial charge is 0.317 e. The summed E-state index contributed by atoms with van der Waals surface area (Å²) < 4.78 is 1.34. The molecule has 2 saturated heterocycles. The monoisotopic (exact) mass is 211 g/mol. The second-order valence-corrected chi connectivity index (χ2v) is 6.25. The number of rotatable bonds is 2. The highest BCUT2D eigenvalue weighted by molar-refractivity contribution is 4.88. The van der Waals surface area contributed by atoms with E-state index in [1.165, 1.54) is 30.4 Å². The highest BCUT2D eigenvalue weighted by Gasteiger charge is 2.52. The molecule has 2 atom stereocenters. The van der Waals surface area contributed by atoms with E-state index in [2.05, 4.69) is 39.6 Å². The molecule has 2 aliphatic rings. The van der Waals surface area contributed by atoms with Gasteiger partial charge in [-0.15, -0.1) is 0 Å². The maximum atomic E-state index is 2.69. The van der Waals surface area contributed by atoms with Gasteiger partial charge in [0, 0.05) is 18.9 Å². The summed E-state index contributed by atoms with van der Waals surface area (Å²) >= 11 is 0. The van der Waals surface area contributed by atoms with E-state index in [-0.39, 0.29) is 0 Å². The summed E-state index contributed by atoms with van der Waals surface area (Å²) in [5, 5.41) is 0. The average Bonchev–Trinajstić information content (AvgIpc) is 2.39. The lowest BCUT2D eigenvalue weighted by molar-refractivity contribution is -0.966. The molecule has 2 bridgehead atoms. The number of hydrogen-bond acceptors (Lipinski definition) is 1. The predicted molar refractivity (Wildman–Crippen MR) is 64.8 cm³/mol. The molecule has 0 N–H and O–H groups in total. The Bertz CT molecular complexity index is 221. The van der Waals surface area contributed by atoms with Crippen molar-refractivity contribution in [1.82, 2.24) is 4.90 Å². The van der Waals surface area contributed by atoms with Crippen LogP contribution in [0, 0.1) is 0 Å². The molecule has 2 nitrogen and oxygen atoms in total. The van der Waals surface area contributed by atoms with Gasteiger partial charge in [0.1, 0.15) is 12.1 Å². The molecule has 2 unspecified atom stereocenters. The number of piperazine rings is 1. The number of fused-ring (bicyclic) bond motifs is 2. The molecule has 0 radical (unpaired) electrons. The van der Waals surface area contributed by atoms with Gasteiger partial charge in [-0.25, -0.2) is 0 Å². The van der Waals surface area contributed by atoms with Gasteiger partial charge in [0.15, 0.2) is 0 Å². The van der Waals surface area contributed by atoms with E-state index in [1.54, 1.807) is 0 Å². The fourth-order valence-electron chi connectivity index (χ4n) is 3.65. The van der Waals surface area contributed by atoms with Crippen LogP contribution in [0.2, 0.25) is 0 Å². The average molecular weight is 211 g/mol. The van der Waals surface area contributed by atoms with E-state index in [0.29, 0.717) is 0 Å². The standard InChI is InChI=1S/C13H27N2/c1-10(2)14-8-12-6-7-13(9-14)15(12,5)11(3)4/h10-13H,6-9H2,1-5H3/q+1. The van der Waals surface area contributed by atoms with E-state index in [1.807, 2.05) is 0 Å². The molecule has 2 rings (SSSR count).